The number of aliphatic hydroxyl groups is 2. The fraction of sp³-hybridized carbons (Fsp3) is 0.379. The predicted octanol–water partition coefficient (Wildman–Crippen LogP) is 2.42. The van der Waals surface area contributed by atoms with Crippen LogP contribution in [0.1, 0.15) is 64.5 Å². The number of unbranched alkanes of at least 4 members (excludes halogenated alkanes) is 2. The molecule has 0 radical (unpaired) electrons. The van der Waals surface area contributed by atoms with Gasteiger partial charge in [-0.15, -0.1) is 0 Å². The highest BCUT2D eigenvalue weighted by Gasteiger charge is 2.17. The minimum Gasteiger partial charge on any atom is -0.508 e. The lowest BCUT2D eigenvalue weighted by molar-refractivity contribution is 0.0971. The zero-order chi connectivity index (χ0) is 30.5. The average molecular weight is 599 g/mol. The van der Waals surface area contributed by atoms with Crippen LogP contribution in [0.25, 0.3) is 0 Å². The van der Waals surface area contributed by atoms with Crippen molar-refractivity contribution in [3.63, 3.8) is 0 Å². The molecule has 0 fully saturated rings. The van der Waals surface area contributed by atoms with Crippen LogP contribution in [0.4, 0.5) is 11.6 Å². The van der Waals surface area contributed by atoms with Crippen molar-refractivity contribution in [3.8, 4) is 5.75 Å². The van der Waals surface area contributed by atoms with Gasteiger partial charge in [-0.25, -0.2) is 9.97 Å². The molecule has 1 heterocycles. The van der Waals surface area contributed by atoms with E-state index in [1.807, 2.05) is 0 Å². The number of nitrogens with one attached hydrogen (secondary N) is 4. The molecule has 0 spiro atoms. The summed E-state index contributed by atoms with van der Waals surface area (Å²) in [6.45, 7) is 1.43. The zero-order valence-electron chi connectivity index (χ0n) is 23.4. The number of benzene rings is 2. The molecule has 11 N–H and O–H groups in total. The highest BCUT2D eigenvalue weighted by Crippen LogP contribution is 2.22. The fourth-order valence-corrected chi connectivity index (χ4v) is 4.37. The summed E-state index contributed by atoms with van der Waals surface area (Å²) in [7, 11) is 0. The summed E-state index contributed by atoms with van der Waals surface area (Å²) >= 11 is 5.79. The maximum atomic E-state index is 12.3. The Morgan fingerprint density at radius 2 is 1.60 bits per heavy atom. The maximum Gasteiger partial charge on any atom is 0.280 e. The number of rotatable bonds is 15. The van der Waals surface area contributed by atoms with E-state index in [1.165, 1.54) is 17.2 Å². The minimum atomic E-state index is -0.706. The number of nitrogens with zero attached hydrogens (tertiary/aromatic N) is 2. The third-order valence-corrected chi connectivity index (χ3v) is 6.92. The number of halogens is 1. The standard InChI is InChI=1S/C29H39ClN8O4/c30-25-27(32)37-26(31)24(36-25)28(42)38-29(33)35-14-4-2-6-19-9-7-18(8-10-19)5-1-3-13-34-16-23(41)20-11-12-22(40)21(15-20)17-39/h7-12,15,23,34,39-41H,1-6,13-14,16-17H2,(H4,31,32,37)(H3,33,35,38,42). The van der Waals surface area contributed by atoms with Gasteiger partial charge in [-0.3, -0.25) is 15.5 Å². The molecule has 0 saturated carbocycles. The van der Waals surface area contributed by atoms with Gasteiger partial charge in [-0.05, 0) is 73.9 Å². The van der Waals surface area contributed by atoms with Gasteiger partial charge in [0.15, 0.2) is 28.4 Å². The molecule has 13 heteroatoms. The fourth-order valence-electron chi connectivity index (χ4n) is 4.24. The number of carbonyl (C=O) groups is 1. The molecule has 1 amide bonds. The van der Waals surface area contributed by atoms with Crippen LogP contribution in [0.5, 0.6) is 5.75 Å². The van der Waals surface area contributed by atoms with Crippen LogP contribution in [0.2, 0.25) is 5.15 Å². The highest BCUT2D eigenvalue weighted by atomic mass is 35.5. The number of hydrogen-bond donors (Lipinski definition) is 9. The summed E-state index contributed by atoms with van der Waals surface area (Å²) in [5.74, 6) is -1.08. The first-order valence-corrected chi connectivity index (χ1v) is 14.2. The average Bonchev–Trinajstić information content (AvgIpc) is 2.97. The summed E-state index contributed by atoms with van der Waals surface area (Å²) in [6, 6.07) is 13.3. The van der Waals surface area contributed by atoms with Crippen LogP contribution in [0.3, 0.4) is 0 Å². The molecule has 0 aliphatic carbocycles. The Balaban J connectivity index is 1.25. The normalized spacial score (nSPS) is 11.7. The molecule has 0 aliphatic rings. The maximum absolute atomic E-state index is 12.3. The third-order valence-electron chi connectivity index (χ3n) is 6.64. The topological polar surface area (TPSA) is 216 Å². The Morgan fingerprint density at radius 3 is 2.24 bits per heavy atom. The number of hydrogen-bond acceptors (Lipinski definition) is 10. The van der Waals surface area contributed by atoms with E-state index >= 15 is 0 Å². The van der Waals surface area contributed by atoms with E-state index < -0.39 is 12.0 Å². The highest BCUT2D eigenvalue weighted by molar-refractivity contribution is 6.31. The lowest BCUT2D eigenvalue weighted by atomic mass is 10.0. The van der Waals surface area contributed by atoms with Gasteiger partial charge in [-0.2, -0.15) is 0 Å². The summed E-state index contributed by atoms with van der Waals surface area (Å²) < 4.78 is 0. The second-order valence-electron chi connectivity index (χ2n) is 9.89. The molecule has 12 nitrogen and oxygen atoms in total. The van der Waals surface area contributed by atoms with Crippen molar-refractivity contribution in [2.24, 2.45) is 0 Å². The number of aryl methyl sites for hydroxylation is 2. The summed E-state index contributed by atoms with van der Waals surface area (Å²) in [5.41, 5.74) is 14.6. The third kappa shape index (κ3) is 10.1. The number of nitrogens with two attached hydrogens (primary N) is 2. The van der Waals surface area contributed by atoms with Gasteiger partial charge < -0.3 is 37.4 Å². The largest absolute Gasteiger partial charge is 0.508 e. The minimum absolute atomic E-state index is 0.0229. The first-order chi connectivity index (χ1) is 20.2. The molecule has 3 rings (SSSR count). The number of carbonyl (C=O) groups excluding carboxylic acids is 1. The van der Waals surface area contributed by atoms with E-state index in [1.54, 1.807) is 12.1 Å². The molecule has 1 unspecified atom stereocenters. The van der Waals surface area contributed by atoms with Gasteiger partial charge in [0.25, 0.3) is 5.91 Å². The number of amides is 1. The van der Waals surface area contributed by atoms with Crippen molar-refractivity contribution >= 4 is 35.1 Å². The molecule has 1 aromatic heterocycles. The van der Waals surface area contributed by atoms with Crippen LogP contribution < -0.4 is 27.4 Å². The van der Waals surface area contributed by atoms with E-state index in [4.69, 9.17) is 28.5 Å². The van der Waals surface area contributed by atoms with Gasteiger partial charge in [0.05, 0.1) is 12.7 Å². The smallest absolute Gasteiger partial charge is 0.280 e. The van der Waals surface area contributed by atoms with Crippen molar-refractivity contribution in [3.05, 3.63) is 75.6 Å². The van der Waals surface area contributed by atoms with Gasteiger partial charge >= 0.3 is 0 Å². The molecule has 0 aliphatic heterocycles. The van der Waals surface area contributed by atoms with E-state index in [0.717, 1.165) is 45.1 Å². The summed E-state index contributed by atoms with van der Waals surface area (Å²) in [5, 5.41) is 45.5. The second-order valence-corrected chi connectivity index (χ2v) is 10.2. The molecule has 0 bridgehead atoms. The number of phenols is 1. The Morgan fingerprint density at radius 1 is 0.952 bits per heavy atom. The number of aromatic nitrogens is 2. The molecule has 1 atom stereocenters. The van der Waals surface area contributed by atoms with Crippen LogP contribution >= 0.6 is 11.6 Å². The predicted molar refractivity (Wildman–Crippen MR) is 163 cm³/mol. The second kappa shape index (κ2) is 16.5. The van der Waals surface area contributed by atoms with Crippen LogP contribution in [0, 0.1) is 5.41 Å². The molecular weight excluding hydrogens is 560 g/mol. The first kappa shape index (κ1) is 32.5. The first-order valence-electron chi connectivity index (χ1n) is 13.8. The van der Waals surface area contributed by atoms with Crippen LogP contribution in [-0.2, 0) is 19.4 Å². The van der Waals surface area contributed by atoms with Crippen molar-refractivity contribution in [2.75, 3.05) is 31.1 Å². The molecule has 3 aromatic rings. The Kier molecular flexibility index (Phi) is 12.8. The molecule has 226 valence electrons. The summed E-state index contributed by atoms with van der Waals surface area (Å²) in [4.78, 5) is 19.8. The molecule has 42 heavy (non-hydrogen) atoms. The Labute approximate surface area is 250 Å². The number of nitrogen functional groups attached to an aromatic ring is 2. The van der Waals surface area contributed by atoms with Gasteiger partial charge in [0.2, 0.25) is 0 Å². The number of anilines is 2. The van der Waals surface area contributed by atoms with Crippen molar-refractivity contribution in [1.82, 2.24) is 25.9 Å². The molecule has 0 saturated heterocycles. The lowest BCUT2D eigenvalue weighted by Crippen LogP contribution is -2.41. The number of guanidine groups is 1. The van der Waals surface area contributed by atoms with Gasteiger partial charge in [-0.1, -0.05) is 41.9 Å². The molecular formula is C29H39ClN8O4. The monoisotopic (exact) mass is 598 g/mol. The van der Waals surface area contributed by atoms with E-state index in [-0.39, 0.29) is 40.8 Å². The van der Waals surface area contributed by atoms with Crippen LogP contribution in [0.15, 0.2) is 42.5 Å². The Hall–Kier alpha value is -3.97. The Bertz CT molecular complexity index is 1340. The van der Waals surface area contributed by atoms with Gasteiger partial charge in [0.1, 0.15) is 5.75 Å². The van der Waals surface area contributed by atoms with Crippen LogP contribution in [-0.4, -0.2) is 56.8 Å². The van der Waals surface area contributed by atoms with Crippen molar-refractivity contribution in [1.29, 1.82) is 5.41 Å². The SMILES string of the molecule is N=C(NCCCCc1ccc(CCCCNCC(O)c2ccc(O)c(CO)c2)cc1)NC(=O)c1nc(Cl)c(N)nc1N. The lowest BCUT2D eigenvalue weighted by Gasteiger charge is -2.14. The van der Waals surface area contributed by atoms with E-state index in [0.29, 0.717) is 24.2 Å². The zero-order valence-corrected chi connectivity index (χ0v) is 24.1. The molecule has 2 aromatic carbocycles. The van der Waals surface area contributed by atoms with E-state index in [2.05, 4.69) is 50.2 Å². The van der Waals surface area contributed by atoms with Crippen molar-refractivity contribution in [2.45, 2.75) is 51.2 Å². The summed E-state index contributed by atoms with van der Waals surface area (Å²) in [6.07, 6.45) is 4.90. The number of aromatic hydroxyl groups is 1. The van der Waals surface area contributed by atoms with Gasteiger partial charge in [0, 0.05) is 18.7 Å². The number of aliphatic hydroxyl groups excluding tert-OH is 2. The quantitative estimate of drug-likeness (QED) is 0.0707. The van der Waals surface area contributed by atoms with Crippen molar-refractivity contribution < 1.29 is 20.1 Å². The van der Waals surface area contributed by atoms with E-state index in [9.17, 15) is 20.1 Å².